The first kappa shape index (κ1) is 21.7. The van der Waals surface area contributed by atoms with Gasteiger partial charge in [0.05, 0.1) is 44.9 Å². The van der Waals surface area contributed by atoms with E-state index in [1.54, 1.807) is 33.6 Å². The third-order valence-corrected chi connectivity index (χ3v) is 5.12. The molecule has 3 rings (SSSR count). The molecule has 1 aromatic heterocycles. The molecular formula is C21H22ClN3O4S. The molecule has 1 N–H and O–H groups in total. The third kappa shape index (κ3) is 4.95. The van der Waals surface area contributed by atoms with Crippen molar-refractivity contribution < 1.29 is 18.9 Å². The fourth-order valence-electron chi connectivity index (χ4n) is 2.74. The average Bonchev–Trinajstić information content (AvgIpc) is 3.22. The number of nitrogens with zero attached hydrogens (tertiary/aromatic N) is 2. The van der Waals surface area contributed by atoms with E-state index in [9.17, 15) is 0 Å². The number of rotatable bonds is 9. The Kier molecular flexibility index (Phi) is 7.37. The topological polar surface area (TPSA) is 74.2 Å². The summed E-state index contributed by atoms with van der Waals surface area (Å²) >= 11 is 7.71. The van der Waals surface area contributed by atoms with Gasteiger partial charge >= 0.3 is 0 Å². The molecule has 0 aliphatic rings. The first-order valence-corrected chi connectivity index (χ1v) is 10.3. The third-order valence-electron chi connectivity index (χ3n) is 4.09. The Bertz CT molecular complexity index is 1040. The van der Waals surface area contributed by atoms with Crippen LogP contribution in [0.4, 0.5) is 5.13 Å². The van der Waals surface area contributed by atoms with E-state index in [0.717, 1.165) is 16.8 Å². The monoisotopic (exact) mass is 447 g/mol. The molecular weight excluding hydrogens is 426 g/mol. The van der Waals surface area contributed by atoms with E-state index in [-0.39, 0.29) is 0 Å². The maximum atomic E-state index is 6.27. The predicted molar refractivity (Wildman–Crippen MR) is 121 cm³/mol. The molecule has 7 nitrogen and oxygen atoms in total. The zero-order valence-electron chi connectivity index (χ0n) is 17.1. The van der Waals surface area contributed by atoms with E-state index < -0.39 is 0 Å². The summed E-state index contributed by atoms with van der Waals surface area (Å²) in [5.74, 6) is 2.39. The summed E-state index contributed by atoms with van der Waals surface area (Å²) in [6, 6.07) is 9.23. The van der Waals surface area contributed by atoms with Crippen LogP contribution in [0.15, 0.2) is 40.8 Å². The highest BCUT2D eigenvalue weighted by Gasteiger charge is 2.11. The van der Waals surface area contributed by atoms with Crippen molar-refractivity contribution in [3.8, 4) is 34.3 Å². The quantitative estimate of drug-likeness (QED) is 0.353. The number of hydrogen-bond donors (Lipinski definition) is 1. The first-order valence-electron chi connectivity index (χ1n) is 9.06. The van der Waals surface area contributed by atoms with Crippen LogP contribution in [0.2, 0.25) is 5.02 Å². The van der Waals surface area contributed by atoms with Crippen LogP contribution in [0.25, 0.3) is 11.3 Å². The average molecular weight is 448 g/mol. The summed E-state index contributed by atoms with van der Waals surface area (Å²) in [5, 5.41) is 7.30. The number of aromatic nitrogens is 1. The molecule has 0 atom stereocenters. The largest absolute Gasteiger partial charge is 0.493 e. The van der Waals surface area contributed by atoms with Crippen molar-refractivity contribution in [2.45, 2.75) is 6.92 Å². The van der Waals surface area contributed by atoms with Gasteiger partial charge in [-0.1, -0.05) is 11.6 Å². The van der Waals surface area contributed by atoms with Crippen LogP contribution in [0.5, 0.6) is 23.0 Å². The van der Waals surface area contributed by atoms with Crippen LogP contribution >= 0.6 is 22.9 Å². The maximum absolute atomic E-state index is 6.27. The van der Waals surface area contributed by atoms with Crippen LogP contribution in [-0.4, -0.2) is 39.1 Å². The lowest BCUT2D eigenvalue weighted by molar-refractivity contribution is 0.311. The van der Waals surface area contributed by atoms with Crippen molar-refractivity contribution in [1.29, 1.82) is 0 Å². The van der Waals surface area contributed by atoms with Gasteiger partial charge in [0.15, 0.2) is 23.0 Å². The number of halogens is 1. The molecule has 0 saturated carbocycles. The lowest BCUT2D eigenvalue weighted by Crippen LogP contribution is -1.98. The molecule has 9 heteroatoms. The molecule has 2 aromatic carbocycles. The molecule has 30 heavy (non-hydrogen) atoms. The summed E-state index contributed by atoms with van der Waals surface area (Å²) in [5.41, 5.74) is 5.44. The Hall–Kier alpha value is -2.97. The van der Waals surface area contributed by atoms with E-state index in [1.165, 1.54) is 11.3 Å². The van der Waals surface area contributed by atoms with Gasteiger partial charge in [0.25, 0.3) is 0 Å². The van der Waals surface area contributed by atoms with Crippen LogP contribution in [-0.2, 0) is 0 Å². The normalized spacial score (nSPS) is 10.8. The lowest BCUT2D eigenvalue weighted by atomic mass is 10.1. The highest BCUT2D eigenvalue weighted by molar-refractivity contribution is 7.14. The van der Waals surface area contributed by atoms with Gasteiger partial charge < -0.3 is 18.9 Å². The maximum Gasteiger partial charge on any atom is 0.203 e. The fourth-order valence-corrected chi connectivity index (χ4v) is 3.70. The molecule has 158 valence electrons. The molecule has 0 spiro atoms. The minimum Gasteiger partial charge on any atom is -0.493 e. The summed E-state index contributed by atoms with van der Waals surface area (Å²) < 4.78 is 21.5. The van der Waals surface area contributed by atoms with Crippen LogP contribution in [0, 0.1) is 0 Å². The van der Waals surface area contributed by atoms with E-state index in [4.69, 9.17) is 30.5 Å². The van der Waals surface area contributed by atoms with Crippen molar-refractivity contribution >= 4 is 34.3 Å². The number of nitrogens with one attached hydrogen (secondary N) is 1. The Labute approximate surface area is 184 Å². The molecule has 0 amide bonds. The molecule has 1 heterocycles. The first-order chi connectivity index (χ1) is 14.6. The molecule has 0 saturated heterocycles. The molecule has 0 aliphatic heterocycles. The molecule has 0 aliphatic carbocycles. The van der Waals surface area contributed by atoms with Crippen LogP contribution < -0.4 is 24.4 Å². The zero-order chi connectivity index (χ0) is 21.5. The highest BCUT2D eigenvalue weighted by Crippen LogP contribution is 2.36. The van der Waals surface area contributed by atoms with Gasteiger partial charge in [-0.3, -0.25) is 5.43 Å². The number of hydrogen-bond acceptors (Lipinski definition) is 8. The summed E-state index contributed by atoms with van der Waals surface area (Å²) in [7, 11) is 4.76. The predicted octanol–water partition coefficient (Wildman–Crippen LogP) is 5.33. The zero-order valence-corrected chi connectivity index (χ0v) is 18.6. The van der Waals surface area contributed by atoms with Gasteiger partial charge in [-0.25, -0.2) is 4.98 Å². The van der Waals surface area contributed by atoms with Crippen LogP contribution in [0.1, 0.15) is 12.5 Å². The second kappa shape index (κ2) is 10.2. The van der Waals surface area contributed by atoms with Crippen molar-refractivity contribution in [1.82, 2.24) is 4.98 Å². The number of thiazole rings is 1. The smallest absolute Gasteiger partial charge is 0.203 e. The molecule has 0 radical (unpaired) electrons. The van der Waals surface area contributed by atoms with Gasteiger partial charge in [-0.05, 0) is 42.8 Å². The van der Waals surface area contributed by atoms with Gasteiger partial charge in [0.2, 0.25) is 5.13 Å². The standard InChI is InChI=1S/C21H22ClN3O4S/c1-5-29-19-9-13(8-15(22)20(19)28-4)11-23-25-21-24-16(12-30-21)14-6-7-17(26-2)18(10-14)27-3/h6-12H,5H2,1-4H3,(H,24,25)/b23-11-. The Morgan fingerprint density at radius 3 is 2.57 bits per heavy atom. The number of ether oxygens (including phenoxy) is 4. The van der Waals surface area contributed by atoms with Crippen molar-refractivity contribution in [2.24, 2.45) is 5.10 Å². The fraction of sp³-hybridized carbons (Fsp3) is 0.238. The van der Waals surface area contributed by atoms with Crippen molar-refractivity contribution in [2.75, 3.05) is 33.4 Å². The number of methoxy groups -OCH3 is 3. The SMILES string of the molecule is CCOc1cc(/C=N\Nc2nc(-c3ccc(OC)c(OC)c3)cs2)cc(Cl)c1OC. The molecule has 3 aromatic rings. The summed E-state index contributed by atoms with van der Waals surface area (Å²) in [4.78, 5) is 4.56. The number of hydrazone groups is 1. The minimum atomic E-state index is 0.454. The highest BCUT2D eigenvalue weighted by atomic mass is 35.5. The van der Waals surface area contributed by atoms with Gasteiger partial charge in [0.1, 0.15) is 0 Å². The lowest BCUT2D eigenvalue weighted by Gasteiger charge is -2.11. The van der Waals surface area contributed by atoms with Gasteiger partial charge in [-0.2, -0.15) is 5.10 Å². The van der Waals surface area contributed by atoms with E-state index >= 15 is 0 Å². The summed E-state index contributed by atoms with van der Waals surface area (Å²) in [6.07, 6.45) is 1.64. The van der Waals surface area contributed by atoms with Crippen molar-refractivity contribution in [3.05, 3.63) is 46.3 Å². The van der Waals surface area contributed by atoms with E-state index in [2.05, 4.69) is 15.5 Å². The van der Waals surface area contributed by atoms with E-state index in [1.807, 2.05) is 36.6 Å². The Morgan fingerprint density at radius 1 is 1.07 bits per heavy atom. The van der Waals surface area contributed by atoms with Gasteiger partial charge in [0, 0.05) is 10.9 Å². The Morgan fingerprint density at radius 2 is 1.87 bits per heavy atom. The molecule has 0 bridgehead atoms. The van der Waals surface area contributed by atoms with Crippen LogP contribution in [0.3, 0.4) is 0 Å². The minimum absolute atomic E-state index is 0.454. The second-order valence-electron chi connectivity index (χ2n) is 5.94. The molecule has 0 unspecified atom stereocenters. The van der Waals surface area contributed by atoms with Crippen molar-refractivity contribution in [3.63, 3.8) is 0 Å². The number of anilines is 1. The van der Waals surface area contributed by atoms with Gasteiger partial charge in [-0.15, -0.1) is 11.3 Å². The molecule has 0 fully saturated rings. The Balaban J connectivity index is 1.73. The van der Waals surface area contributed by atoms with E-state index in [0.29, 0.717) is 39.8 Å². The second-order valence-corrected chi connectivity index (χ2v) is 7.21. The number of benzene rings is 2. The summed E-state index contributed by atoms with van der Waals surface area (Å²) in [6.45, 7) is 2.40.